The van der Waals surface area contributed by atoms with Gasteiger partial charge in [-0.15, -0.1) is 0 Å². The van der Waals surface area contributed by atoms with Crippen LogP contribution in [0.4, 0.5) is 0 Å². The molecule has 0 bridgehead atoms. The van der Waals surface area contributed by atoms with E-state index in [4.69, 9.17) is 28.9 Å². The van der Waals surface area contributed by atoms with E-state index < -0.39 is 0 Å². The molecule has 0 aliphatic heterocycles. The Morgan fingerprint density at radius 3 is 1.76 bits per heavy atom. The zero-order valence-electron chi connectivity index (χ0n) is 20.7. The maximum atomic E-state index is 9.48. The summed E-state index contributed by atoms with van der Waals surface area (Å²) in [4.78, 5) is 9.39. The lowest BCUT2D eigenvalue weighted by atomic mass is 10.1. The number of hydrogen-bond acceptors (Lipinski definition) is 7. The summed E-state index contributed by atoms with van der Waals surface area (Å²) in [5.74, 6) is 12.6. The summed E-state index contributed by atoms with van der Waals surface area (Å²) < 4.78 is 22.3. The molecule has 184 valence electrons. The highest BCUT2D eigenvalue weighted by molar-refractivity contribution is 5.76. The highest BCUT2D eigenvalue weighted by Gasteiger charge is 2.09. The normalized spacial score (nSPS) is 12.5. The average molecular weight is 469 g/mol. The van der Waals surface area contributed by atoms with Crippen molar-refractivity contribution in [1.82, 2.24) is 9.97 Å². The molecule has 0 saturated heterocycles. The number of fused-ring (bicyclic) bond motifs is 1. The second-order valence-electron chi connectivity index (χ2n) is 7.37. The van der Waals surface area contributed by atoms with Gasteiger partial charge < -0.3 is 24.1 Å². The van der Waals surface area contributed by atoms with Crippen molar-refractivity contribution in [3.63, 3.8) is 0 Å². The van der Waals surface area contributed by atoms with Gasteiger partial charge in [-0.25, -0.2) is 9.97 Å². The van der Waals surface area contributed by atoms with Gasteiger partial charge in [0.25, 0.3) is 0 Å². The van der Waals surface area contributed by atoms with E-state index in [9.17, 15) is 5.11 Å². The summed E-state index contributed by atoms with van der Waals surface area (Å²) in [7, 11) is 0. The van der Waals surface area contributed by atoms with Crippen molar-refractivity contribution in [2.75, 3.05) is 39.6 Å². The number of aliphatic hydroxyl groups excluding tert-OH is 1. The van der Waals surface area contributed by atoms with Gasteiger partial charge in [0.1, 0.15) is 23.6 Å². The van der Waals surface area contributed by atoms with Crippen molar-refractivity contribution in [2.45, 2.75) is 59.4 Å². The Morgan fingerprint density at radius 1 is 0.765 bits per heavy atom. The third-order valence-corrected chi connectivity index (χ3v) is 4.86. The van der Waals surface area contributed by atoms with Crippen LogP contribution in [-0.2, 0) is 25.6 Å². The molecule has 0 spiro atoms. The largest absolute Gasteiger partial charge is 0.392 e. The fraction of sp³-hybridized carbons (Fsp3) is 0.556. The molecule has 0 aliphatic rings. The number of aliphatic hydroxyl groups is 1. The van der Waals surface area contributed by atoms with Gasteiger partial charge in [-0.3, -0.25) is 0 Å². The zero-order chi connectivity index (χ0) is 24.6. The van der Waals surface area contributed by atoms with Crippen molar-refractivity contribution >= 4 is 11.0 Å². The Balaban J connectivity index is 2.33. The molecule has 0 saturated carbocycles. The summed E-state index contributed by atoms with van der Waals surface area (Å²) in [6.45, 7) is 11.2. The second kappa shape index (κ2) is 16.2. The molecule has 1 aromatic heterocycles. The SMILES string of the molecule is CCOCCO[C@H](C#Cc1nc2ccc(CO)cc2nc1C#C[C@H](CC)OCCOCC)CC. The molecule has 7 nitrogen and oxygen atoms in total. The first-order chi connectivity index (χ1) is 16.6. The van der Waals surface area contributed by atoms with Crippen molar-refractivity contribution in [2.24, 2.45) is 0 Å². The van der Waals surface area contributed by atoms with Gasteiger partial charge in [0.15, 0.2) is 0 Å². The Hall–Kier alpha value is -2.52. The summed E-state index contributed by atoms with van der Waals surface area (Å²) in [6, 6.07) is 5.47. The second-order valence-corrected chi connectivity index (χ2v) is 7.37. The monoisotopic (exact) mass is 468 g/mol. The van der Waals surface area contributed by atoms with E-state index in [0.29, 0.717) is 62.1 Å². The van der Waals surface area contributed by atoms with Gasteiger partial charge in [-0.2, -0.15) is 0 Å². The molecule has 2 rings (SSSR count). The number of benzene rings is 1. The zero-order valence-corrected chi connectivity index (χ0v) is 20.7. The molecule has 7 heteroatoms. The van der Waals surface area contributed by atoms with Gasteiger partial charge in [0.05, 0.1) is 44.1 Å². The smallest absolute Gasteiger partial charge is 0.148 e. The third kappa shape index (κ3) is 9.38. The van der Waals surface area contributed by atoms with Gasteiger partial charge in [0.2, 0.25) is 0 Å². The van der Waals surface area contributed by atoms with Crippen LogP contribution in [0.3, 0.4) is 0 Å². The molecule has 0 amide bonds. The Kier molecular flexibility index (Phi) is 13.2. The maximum absolute atomic E-state index is 9.48. The van der Waals surface area contributed by atoms with Gasteiger partial charge in [-0.1, -0.05) is 31.8 Å². The van der Waals surface area contributed by atoms with Crippen molar-refractivity contribution < 1.29 is 24.1 Å². The predicted octanol–water partition coefficient (Wildman–Crippen LogP) is 3.49. The van der Waals surface area contributed by atoms with Crippen LogP contribution in [0.1, 0.15) is 57.5 Å². The summed E-state index contributed by atoms with van der Waals surface area (Å²) in [6.07, 6.45) is 1.00. The van der Waals surface area contributed by atoms with Gasteiger partial charge >= 0.3 is 0 Å². The van der Waals surface area contributed by atoms with E-state index >= 15 is 0 Å². The fourth-order valence-corrected chi connectivity index (χ4v) is 2.98. The number of hydrogen-bond donors (Lipinski definition) is 1. The van der Waals surface area contributed by atoms with E-state index in [2.05, 4.69) is 23.7 Å². The molecule has 1 heterocycles. The molecule has 2 aromatic rings. The highest BCUT2D eigenvalue weighted by Crippen LogP contribution is 2.15. The van der Waals surface area contributed by atoms with E-state index in [-0.39, 0.29) is 18.8 Å². The van der Waals surface area contributed by atoms with E-state index in [1.165, 1.54) is 0 Å². The lowest BCUT2D eigenvalue weighted by molar-refractivity contribution is 0.0292. The third-order valence-electron chi connectivity index (χ3n) is 4.86. The van der Waals surface area contributed by atoms with Crippen LogP contribution in [0.15, 0.2) is 18.2 Å². The first-order valence-electron chi connectivity index (χ1n) is 12.0. The Labute approximate surface area is 203 Å². The van der Waals surface area contributed by atoms with E-state index in [0.717, 1.165) is 18.4 Å². The lowest BCUT2D eigenvalue weighted by Gasteiger charge is -2.10. The van der Waals surface area contributed by atoms with Crippen LogP contribution in [0.5, 0.6) is 0 Å². The molecule has 2 atom stereocenters. The Bertz CT molecular complexity index is 1000. The first kappa shape index (κ1) is 27.7. The Morgan fingerprint density at radius 2 is 1.29 bits per heavy atom. The van der Waals surface area contributed by atoms with Crippen molar-refractivity contribution in [1.29, 1.82) is 0 Å². The molecule has 1 N–H and O–H groups in total. The van der Waals surface area contributed by atoms with Crippen molar-refractivity contribution in [3.05, 3.63) is 35.2 Å². The fourth-order valence-electron chi connectivity index (χ4n) is 2.98. The van der Waals surface area contributed by atoms with Crippen LogP contribution in [0.2, 0.25) is 0 Å². The molecule has 34 heavy (non-hydrogen) atoms. The maximum Gasteiger partial charge on any atom is 0.148 e. The minimum Gasteiger partial charge on any atom is -0.392 e. The number of nitrogens with zero attached hydrogens (tertiary/aromatic N) is 2. The van der Waals surface area contributed by atoms with E-state index in [1.54, 1.807) is 0 Å². The first-order valence-corrected chi connectivity index (χ1v) is 12.0. The van der Waals surface area contributed by atoms with E-state index in [1.807, 2.05) is 45.9 Å². The topological polar surface area (TPSA) is 82.9 Å². The van der Waals surface area contributed by atoms with Crippen LogP contribution in [0.25, 0.3) is 11.0 Å². The van der Waals surface area contributed by atoms with Crippen LogP contribution < -0.4 is 0 Å². The molecule has 0 unspecified atom stereocenters. The summed E-state index contributed by atoms with van der Waals surface area (Å²) in [5.41, 5.74) is 3.09. The molecular formula is C27H36N2O5. The molecule has 0 fully saturated rings. The molecule has 0 aliphatic carbocycles. The molecule has 1 aromatic carbocycles. The van der Waals surface area contributed by atoms with Gasteiger partial charge in [-0.05, 0) is 56.2 Å². The summed E-state index contributed by atoms with van der Waals surface area (Å²) >= 11 is 0. The van der Waals surface area contributed by atoms with Crippen LogP contribution >= 0.6 is 0 Å². The average Bonchev–Trinajstić information content (AvgIpc) is 2.87. The highest BCUT2D eigenvalue weighted by atomic mass is 16.5. The van der Waals surface area contributed by atoms with Crippen molar-refractivity contribution in [3.8, 4) is 23.7 Å². The standard InChI is InChI=1S/C27H36N2O5/c1-5-22(33-17-15-31-7-3)10-13-24-25(14-11-23(6-2)34-18-16-32-8-4)29-27-19-21(20-30)9-12-26(27)28-24/h9,12,19,22-23,30H,5-8,15-18,20H2,1-4H3/t22-,23-/m0/s1. The minimum atomic E-state index is -0.243. The number of aromatic nitrogens is 2. The quantitative estimate of drug-likeness (QED) is 0.356. The van der Waals surface area contributed by atoms with Crippen LogP contribution in [0, 0.1) is 23.7 Å². The molecular weight excluding hydrogens is 432 g/mol. The lowest BCUT2D eigenvalue weighted by Crippen LogP contribution is -2.14. The van der Waals surface area contributed by atoms with Gasteiger partial charge in [0, 0.05) is 13.2 Å². The predicted molar refractivity (Wildman–Crippen MR) is 132 cm³/mol. The molecule has 0 radical (unpaired) electrons. The number of rotatable bonds is 13. The number of ether oxygens (including phenoxy) is 4. The van der Waals surface area contributed by atoms with Crippen LogP contribution in [-0.4, -0.2) is 66.9 Å². The minimum absolute atomic E-state index is 0.0664. The summed E-state index contributed by atoms with van der Waals surface area (Å²) in [5, 5.41) is 9.48.